The minimum atomic E-state index is -1.07. The van der Waals surface area contributed by atoms with Gasteiger partial charge in [0.05, 0.1) is 4.88 Å². The van der Waals surface area contributed by atoms with Crippen molar-refractivity contribution in [2.24, 2.45) is 11.7 Å². The average molecular weight is 326 g/mol. The number of ether oxygens (including phenoxy) is 1. The molecule has 0 radical (unpaired) electrons. The van der Waals surface area contributed by atoms with Crippen molar-refractivity contribution in [1.82, 2.24) is 5.32 Å². The maximum atomic E-state index is 12.2. The van der Waals surface area contributed by atoms with Crippen LogP contribution < -0.4 is 11.1 Å². The maximum Gasteiger partial charge on any atom is 0.345 e. The molecule has 0 spiro atoms. The molecular weight excluding hydrogens is 308 g/mol. The van der Waals surface area contributed by atoms with E-state index in [9.17, 15) is 14.4 Å². The number of carbonyl (C=O) groups is 3. The molecule has 2 amide bonds. The molecule has 1 aliphatic rings. The lowest BCUT2D eigenvalue weighted by atomic mass is 9.89. The highest BCUT2D eigenvalue weighted by molar-refractivity contribution is 7.15. The van der Waals surface area contributed by atoms with Crippen LogP contribution in [-0.2, 0) is 9.53 Å². The summed E-state index contributed by atoms with van der Waals surface area (Å²) >= 11 is 0.904. The first-order valence-corrected chi connectivity index (χ1v) is 7.79. The molecule has 0 saturated carbocycles. The summed E-state index contributed by atoms with van der Waals surface area (Å²) in [4.78, 5) is 34.7. The maximum absolute atomic E-state index is 12.2. The molecule has 1 unspecified atom stereocenters. The smallest absolute Gasteiger partial charge is 0.345 e. The number of carboxylic acids is 1. The second kappa shape index (κ2) is 7.37. The third kappa shape index (κ3) is 4.28. The lowest BCUT2D eigenvalue weighted by molar-refractivity contribution is -0.118. The van der Waals surface area contributed by atoms with Gasteiger partial charge in [-0.15, -0.1) is 11.3 Å². The summed E-state index contributed by atoms with van der Waals surface area (Å²) < 4.78 is 5.28. The molecule has 1 aromatic heterocycles. The first-order valence-electron chi connectivity index (χ1n) is 6.97. The second-order valence-electron chi connectivity index (χ2n) is 5.17. The van der Waals surface area contributed by atoms with Crippen LogP contribution in [0.4, 0.5) is 0 Å². The molecule has 1 aliphatic heterocycles. The number of amides is 2. The van der Waals surface area contributed by atoms with Gasteiger partial charge in [-0.25, -0.2) is 4.79 Å². The number of nitrogens with two attached hydrogens (primary N) is 1. The van der Waals surface area contributed by atoms with Gasteiger partial charge in [-0.1, -0.05) is 0 Å². The quantitative estimate of drug-likeness (QED) is 0.716. The normalized spacial score (nSPS) is 16.9. The van der Waals surface area contributed by atoms with Crippen LogP contribution in [0.1, 0.15) is 38.6 Å². The van der Waals surface area contributed by atoms with E-state index in [0.29, 0.717) is 18.1 Å². The second-order valence-corrected chi connectivity index (χ2v) is 6.25. The van der Waals surface area contributed by atoms with Crippen LogP contribution >= 0.6 is 11.3 Å². The molecular formula is C14H18N2O5S. The van der Waals surface area contributed by atoms with Crippen LogP contribution in [-0.4, -0.2) is 42.1 Å². The van der Waals surface area contributed by atoms with Gasteiger partial charge in [-0.05, 0) is 30.9 Å². The Morgan fingerprint density at radius 1 is 1.32 bits per heavy atom. The van der Waals surface area contributed by atoms with Gasteiger partial charge < -0.3 is 20.9 Å². The SMILES string of the molecule is NC(=O)CC(NC(=O)c1ccc(C(=O)O)s1)C1CCOCC1. The molecule has 1 aromatic rings. The fourth-order valence-corrected chi connectivity index (χ4v) is 3.23. The molecule has 8 heteroatoms. The number of hydrogen-bond donors (Lipinski definition) is 3. The summed E-state index contributed by atoms with van der Waals surface area (Å²) in [6.07, 6.45) is 1.57. The van der Waals surface area contributed by atoms with E-state index in [0.717, 1.165) is 24.2 Å². The Morgan fingerprint density at radius 3 is 2.50 bits per heavy atom. The third-order valence-electron chi connectivity index (χ3n) is 3.61. The van der Waals surface area contributed by atoms with Crippen molar-refractivity contribution in [3.63, 3.8) is 0 Å². The lowest BCUT2D eigenvalue weighted by Gasteiger charge is -2.30. The number of primary amides is 1. The van der Waals surface area contributed by atoms with Gasteiger partial charge in [0.25, 0.3) is 5.91 Å². The predicted octanol–water partition coefficient (Wildman–Crippen LogP) is 0.847. The summed E-state index contributed by atoms with van der Waals surface area (Å²) in [6, 6.07) is 2.50. The number of hydrogen-bond acceptors (Lipinski definition) is 5. The Bertz CT molecular complexity index is 565. The summed E-state index contributed by atoms with van der Waals surface area (Å²) in [7, 11) is 0. The fourth-order valence-electron chi connectivity index (χ4n) is 2.48. The highest BCUT2D eigenvalue weighted by Crippen LogP contribution is 2.22. The van der Waals surface area contributed by atoms with E-state index < -0.39 is 11.9 Å². The Balaban J connectivity index is 2.05. The van der Waals surface area contributed by atoms with Crippen LogP contribution in [0, 0.1) is 5.92 Å². The Labute approximate surface area is 131 Å². The van der Waals surface area contributed by atoms with Gasteiger partial charge in [-0.2, -0.15) is 0 Å². The van der Waals surface area contributed by atoms with Crippen molar-refractivity contribution in [3.8, 4) is 0 Å². The standard InChI is InChI=1S/C14H18N2O5S/c15-12(17)7-9(8-3-5-21-6-4-8)16-13(18)10-1-2-11(22-10)14(19)20/h1-2,8-9H,3-7H2,(H2,15,17)(H,16,18)(H,19,20). The van der Waals surface area contributed by atoms with Crippen LogP contribution in [0.2, 0.25) is 0 Å². The third-order valence-corrected chi connectivity index (χ3v) is 4.69. The minimum Gasteiger partial charge on any atom is -0.477 e. The van der Waals surface area contributed by atoms with Crippen molar-refractivity contribution in [1.29, 1.82) is 0 Å². The van der Waals surface area contributed by atoms with Gasteiger partial charge in [0.15, 0.2) is 0 Å². The van der Waals surface area contributed by atoms with Gasteiger partial charge in [0.1, 0.15) is 4.88 Å². The molecule has 2 heterocycles. The molecule has 1 fully saturated rings. The summed E-state index contributed by atoms with van der Waals surface area (Å²) in [5.41, 5.74) is 5.26. The van der Waals surface area contributed by atoms with Gasteiger partial charge in [0, 0.05) is 25.7 Å². The molecule has 1 atom stereocenters. The van der Waals surface area contributed by atoms with Crippen molar-refractivity contribution in [2.45, 2.75) is 25.3 Å². The first-order chi connectivity index (χ1) is 10.5. The molecule has 0 aliphatic carbocycles. The van der Waals surface area contributed by atoms with E-state index >= 15 is 0 Å². The summed E-state index contributed by atoms with van der Waals surface area (Å²) in [6.45, 7) is 1.19. The molecule has 22 heavy (non-hydrogen) atoms. The molecule has 4 N–H and O–H groups in total. The average Bonchev–Trinajstić information content (AvgIpc) is 2.97. The number of nitrogens with one attached hydrogen (secondary N) is 1. The highest BCUT2D eigenvalue weighted by atomic mass is 32.1. The number of carbonyl (C=O) groups excluding carboxylic acids is 2. The number of carboxylic acid groups (broad SMARTS) is 1. The fraction of sp³-hybridized carbons (Fsp3) is 0.500. The highest BCUT2D eigenvalue weighted by Gasteiger charge is 2.27. The van der Waals surface area contributed by atoms with Crippen LogP contribution in [0.15, 0.2) is 12.1 Å². The van der Waals surface area contributed by atoms with Crippen molar-refractivity contribution in [3.05, 3.63) is 21.9 Å². The molecule has 7 nitrogen and oxygen atoms in total. The zero-order chi connectivity index (χ0) is 16.1. The molecule has 0 bridgehead atoms. The van der Waals surface area contributed by atoms with E-state index in [2.05, 4.69) is 5.32 Å². The predicted molar refractivity (Wildman–Crippen MR) is 79.9 cm³/mol. The summed E-state index contributed by atoms with van der Waals surface area (Å²) in [5, 5.41) is 11.7. The van der Waals surface area contributed by atoms with E-state index in [4.69, 9.17) is 15.6 Å². The molecule has 120 valence electrons. The van der Waals surface area contributed by atoms with Crippen molar-refractivity contribution in [2.75, 3.05) is 13.2 Å². The van der Waals surface area contributed by atoms with Crippen LogP contribution in [0.5, 0.6) is 0 Å². The molecule has 2 rings (SSSR count). The Kier molecular flexibility index (Phi) is 5.51. The van der Waals surface area contributed by atoms with Gasteiger partial charge in [0.2, 0.25) is 5.91 Å². The van der Waals surface area contributed by atoms with E-state index in [-0.39, 0.29) is 29.2 Å². The van der Waals surface area contributed by atoms with Gasteiger partial charge >= 0.3 is 5.97 Å². The van der Waals surface area contributed by atoms with E-state index in [1.165, 1.54) is 12.1 Å². The van der Waals surface area contributed by atoms with Crippen molar-refractivity contribution < 1.29 is 24.2 Å². The largest absolute Gasteiger partial charge is 0.477 e. The number of aromatic carboxylic acids is 1. The number of thiophene rings is 1. The van der Waals surface area contributed by atoms with E-state index in [1.54, 1.807) is 0 Å². The first kappa shape index (κ1) is 16.4. The van der Waals surface area contributed by atoms with Crippen LogP contribution in [0.25, 0.3) is 0 Å². The zero-order valence-electron chi connectivity index (χ0n) is 11.9. The molecule has 1 saturated heterocycles. The zero-order valence-corrected chi connectivity index (χ0v) is 12.7. The molecule has 0 aromatic carbocycles. The van der Waals surface area contributed by atoms with Crippen LogP contribution in [0.3, 0.4) is 0 Å². The monoisotopic (exact) mass is 326 g/mol. The summed E-state index contributed by atoms with van der Waals surface area (Å²) in [5.74, 6) is -1.80. The number of rotatable bonds is 6. The Morgan fingerprint density at radius 2 is 1.95 bits per heavy atom. The Hall–Kier alpha value is -1.93. The minimum absolute atomic E-state index is 0.0631. The van der Waals surface area contributed by atoms with Crippen molar-refractivity contribution >= 4 is 29.1 Å². The topological polar surface area (TPSA) is 119 Å². The van der Waals surface area contributed by atoms with E-state index in [1.807, 2.05) is 0 Å². The van der Waals surface area contributed by atoms with Gasteiger partial charge in [-0.3, -0.25) is 9.59 Å². The lowest BCUT2D eigenvalue weighted by Crippen LogP contribution is -2.44.